The van der Waals surface area contributed by atoms with Crippen LogP contribution in [0.2, 0.25) is 0 Å². The lowest BCUT2D eigenvalue weighted by molar-refractivity contribution is -0.142. The van der Waals surface area contributed by atoms with Gasteiger partial charge in [0.15, 0.2) is 0 Å². The number of carbonyl (C=O) groups is 1. The number of carbonyl (C=O) groups excluding carboxylic acids is 1. The predicted octanol–water partition coefficient (Wildman–Crippen LogP) is 3.53. The monoisotopic (exact) mass is 346 g/mol. The normalized spacial score (nSPS) is 20.1. The molecule has 1 aromatic rings. The van der Waals surface area contributed by atoms with Crippen LogP contribution < -0.4 is 0 Å². The smallest absolute Gasteiger partial charge is 0.340 e. The highest BCUT2D eigenvalue weighted by atomic mass is 19.4. The molecule has 1 aliphatic heterocycles. The molecule has 1 aliphatic rings. The summed E-state index contributed by atoms with van der Waals surface area (Å²) in [4.78, 5) is 16.0. The number of piperazine rings is 1. The Kier molecular flexibility index (Phi) is 5.52. The van der Waals surface area contributed by atoms with E-state index in [0.717, 1.165) is 12.1 Å². The lowest BCUT2D eigenvalue weighted by atomic mass is 10.1. The van der Waals surface area contributed by atoms with Gasteiger partial charge >= 0.3 is 6.18 Å². The summed E-state index contributed by atoms with van der Waals surface area (Å²) in [6.07, 6.45) is -4.72. The average Bonchev–Trinajstić information content (AvgIpc) is 2.47. The van der Waals surface area contributed by atoms with Crippen molar-refractivity contribution in [3.63, 3.8) is 0 Å². The second kappa shape index (κ2) is 7.09. The van der Waals surface area contributed by atoms with Crippen LogP contribution in [-0.4, -0.2) is 41.4 Å². The van der Waals surface area contributed by atoms with Gasteiger partial charge in [-0.05, 0) is 30.5 Å². The van der Waals surface area contributed by atoms with Crippen LogP contribution in [0.25, 0.3) is 0 Å². The van der Waals surface area contributed by atoms with Crippen molar-refractivity contribution in [1.82, 2.24) is 9.80 Å². The number of alkyl halides is 3. The Labute approximate surface area is 139 Å². The maximum absolute atomic E-state index is 13.4. The maximum Gasteiger partial charge on any atom is 0.419 e. The number of amides is 1. The molecule has 0 spiro atoms. The van der Waals surface area contributed by atoms with Crippen molar-refractivity contribution in [2.75, 3.05) is 19.6 Å². The zero-order valence-electron chi connectivity index (χ0n) is 14.0. The second-order valence-electron chi connectivity index (χ2n) is 6.64. The topological polar surface area (TPSA) is 23.6 Å². The van der Waals surface area contributed by atoms with Crippen molar-refractivity contribution in [2.45, 2.75) is 39.5 Å². The summed E-state index contributed by atoms with van der Waals surface area (Å²) in [6.45, 7) is 7.80. The van der Waals surface area contributed by atoms with E-state index in [4.69, 9.17) is 0 Å². The van der Waals surface area contributed by atoms with Gasteiger partial charge in [-0.3, -0.25) is 9.69 Å². The predicted molar refractivity (Wildman–Crippen MR) is 82.7 cm³/mol. The summed E-state index contributed by atoms with van der Waals surface area (Å²) in [5.74, 6) is -0.940. The third kappa shape index (κ3) is 4.26. The maximum atomic E-state index is 13.4. The standard InChI is InChI=1S/C17H22F4N2O/c1-11(2)9-23-7-6-22(12(3)16(23)24)10-13-4-5-15(18)14(8-13)17(19,20)21/h4-5,8,11-12H,6-7,9-10H2,1-3H3/t12-/m1/s1. The number of hydrogen-bond donors (Lipinski definition) is 0. The Hall–Kier alpha value is -1.63. The van der Waals surface area contributed by atoms with E-state index in [1.54, 1.807) is 11.8 Å². The van der Waals surface area contributed by atoms with Gasteiger partial charge in [0.2, 0.25) is 5.91 Å². The fourth-order valence-corrected chi connectivity index (χ4v) is 2.93. The van der Waals surface area contributed by atoms with E-state index < -0.39 is 23.6 Å². The van der Waals surface area contributed by atoms with Crippen LogP contribution in [0.1, 0.15) is 31.9 Å². The van der Waals surface area contributed by atoms with Gasteiger partial charge in [-0.2, -0.15) is 13.2 Å². The number of halogens is 4. The summed E-state index contributed by atoms with van der Waals surface area (Å²) < 4.78 is 51.8. The Morgan fingerprint density at radius 3 is 2.50 bits per heavy atom. The third-order valence-corrected chi connectivity index (χ3v) is 4.18. The van der Waals surface area contributed by atoms with Gasteiger partial charge in [-0.15, -0.1) is 0 Å². The lowest BCUT2D eigenvalue weighted by Gasteiger charge is -2.39. The number of nitrogens with zero attached hydrogens (tertiary/aromatic N) is 2. The molecule has 134 valence electrons. The Morgan fingerprint density at radius 2 is 1.92 bits per heavy atom. The first kappa shape index (κ1) is 18.7. The quantitative estimate of drug-likeness (QED) is 0.779. The van der Waals surface area contributed by atoms with Crippen LogP contribution in [0, 0.1) is 11.7 Å². The summed E-state index contributed by atoms with van der Waals surface area (Å²) in [5, 5.41) is 0. The molecule has 1 heterocycles. The Morgan fingerprint density at radius 1 is 1.25 bits per heavy atom. The molecule has 0 saturated carbocycles. The first-order valence-corrected chi connectivity index (χ1v) is 7.98. The van der Waals surface area contributed by atoms with Crippen LogP contribution in [0.4, 0.5) is 17.6 Å². The number of hydrogen-bond acceptors (Lipinski definition) is 2. The molecule has 1 atom stereocenters. The van der Waals surface area contributed by atoms with Gasteiger partial charge in [-0.1, -0.05) is 19.9 Å². The highest BCUT2D eigenvalue weighted by Gasteiger charge is 2.35. The fourth-order valence-electron chi connectivity index (χ4n) is 2.93. The molecule has 0 aromatic heterocycles. The van der Waals surface area contributed by atoms with Crippen molar-refractivity contribution in [3.05, 3.63) is 35.1 Å². The van der Waals surface area contributed by atoms with Gasteiger partial charge in [0.1, 0.15) is 5.82 Å². The van der Waals surface area contributed by atoms with Crippen molar-refractivity contribution >= 4 is 5.91 Å². The zero-order valence-corrected chi connectivity index (χ0v) is 14.0. The molecule has 24 heavy (non-hydrogen) atoms. The molecular formula is C17H22F4N2O. The first-order valence-electron chi connectivity index (χ1n) is 7.98. The van der Waals surface area contributed by atoms with E-state index in [1.165, 1.54) is 6.07 Å². The van der Waals surface area contributed by atoms with E-state index in [-0.39, 0.29) is 12.5 Å². The van der Waals surface area contributed by atoms with E-state index in [9.17, 15) is 22.4 Å². The van der Waals surface area contributed by atoms with E-state index in [1.807, 2.05) is 18.7 Å². The van der Waals surface area contributed by atoms with Gasteiger partial charge < -0.3 is 4.90 Å². The molecule has 1 saturated heterocycles. The van der Waals surface area contributed by atoms with Gasteiger partial charge in [0.25, 0.3) is 0 Å². The second-order valence-corrected chi connectivity index (χ2v) is 6.64. The van der Waals surface area contributed by atoms with Crippen molar-refractivity contribution in [3.8, 4) is 0 Å². The van der Waals surface area contributed by atoms with Gasteiger partial charge in [0.05, 0.1) is 11.6 Å². The van der Waals surface area contributed by atoms with E-state index in [2.05, 4.69) is 0 Å². The van der Waals surface area contributed by atoms with Gasteiger partial charge in [-0.25, -0.2) is 4.39 Å². The highest BCUT2D eigenvalue weighted by molar-refractivity contribution is 5.82. The number of rotatable bonds is 4. The lowest BCUT2D eigenvalue weighted by Crippen LogP contribution is -2.56. The van der Waals surface area contributed by atoms with Crippen LogP contribution in [0.5, 0.6) is 0 Å². The largest absolute Gasteiger partial charge is 0.419 e. The highest BCUT2D eigenvalue weighted by Crippen LogP contribution is 2.32. The molecule has 0 bridgehead atoms. The minimum Gasteiger partial charge on any atom is -0.340 e. The van der Waals surface area contributed by atoms with Crippen LogP contribution in [0.15, 0.2) is 18.2 Å². The zero-order chi connectivity index (χ0) is 18.1. The molecule has 1 amide bonds. The summed E-state index contributed by atoms with van der Waals surface area (Å²) in [5.41, 5.74) is -0.918. The van der Waals surface area contributed by atoms with Crippen LogP contribution in [-0.2, 0) is 17.5 Å². The van der Waals surface area contributed by atoms with Crippen LogP contribution in [0.3, 0.4) is 0 Å². The van der Waals surface area contributed by atoms with Gasteiger partial charge in [0, 0.05) is 26.2 Å². The Balaban J connectivity index is 2.11. The average molecular weight is 346 g/mol. The SMILES string of the molecule is CC(C)CN1CCN(Cc2ccc(F)c(C(F)(F)F)c2)[C@H](C)C1=O. The third-order valence-electron chi connectivity index (χ3n) is 4.18. The molecule has 2 rings (SSSR count). The molecule has 0 unspecified atom stereocenters. The number of benzene rings is 1. The minimum atomic E-state index is -4.72. The molecule has 3 nitrogen and oxygen atoms in total. The summed E-state index contributed by atoms with van der Waals surface area (Å²) >= 11 is 0. The fraction of sp³-hybridized carbons (Fsp3) is 0.588. The molecular weight excluding hydrogens is 324 g/mol. The molecule has 0 N–H and O–H groups in total. The summed E-state index contributed by atoms with van der Waals surface area (Å²) in [6, 6.07) is 2.59. The molecule has 0 aliphatic carbocycles. The molecule has 1 fully saturated rings. The first-order chi connectivity index (χ1) is 11.1. The molecule has 7 heteroatoms. The van der Waals surface area contributed by atoms with E-state index in [0.29, 0.717) is 31.1 Å². The Bertz CT molecular complexity index is 601. The molecule has 1 aromatic carbocycles. The minimum absolute atomic E-state index is 0.0203. The summed E-state index contributed by atoms with van der Waals surface area (Å²) in [7, 11) is 0. The van der Waals surface area contributed by atoms with Crippen molar-refractivity contribution < 1.29 is 22.4 Å². The van der Waals surface area contributed by atoms with Crippen LogP contribution >= 0.6 is 0 Å². The van der Waals surface area contributed by atoms with Crippen molar-refractivity contribution in [1.29, 1.82) is 0 Å². The van der Waals surface area contributed by atoms with Crippen molar-refractivity contribution in [2.24, 2.45) is 5.92 Å². The van der Waals surface area contributed by atoms with E-state index >= 15 is 0 Å². The molecule has 0 radical (unpaired) electrons.